The Morgan fingerprint density at radius 2 is 1.60 bits per heavy atom. The van der Waals surface area contributed by atoms with Crippen LogP contribution in [0.25, 0.3) is 0 Å². The molecule has 0 amide bonds. The van der Waals surface area contributed by atoms with Crippen LogP contribution in [0.5, 0.6) is 5.75 Å². The highest BCUT2D eigenvalue weighted by Gasteiger charge is 2.26. The topological polar surface area (TPSA) is 78.9 Å². The number of benzene rings is 2. The summed E-state index contributed by atoms with van der Waals surface area (Å²) < 4.78 is 33.2. The molecule has 7 nitrogen and oxygen atoms in total. The van der Waals surface area contributed by atoms with E-state index in [1.165, 1.54) is 24.5 Å². The summed E-state index contributed by atoms with van der Waals surface area (Å²) in [4.78, 5) is 15.6. The van der Waals surface area contributed by atoms with Crippen molar-refractivity contribution in [2.45, 2.75) is 49.5 Å². The summed E-state index contributed by atoms with van der Waals surface area (Å²) in [6.07, 6.45) is 6.26. The van der Waals surface area contributed by atoms with Gasteiger partial charge in [0.25, 0.3) is 0 Å². The fourth-order valence-corrected chi connectivity index (χ4v) is 6.59. The van der Waals surface area contributed by atoms with Crippen LogP contribution in [-0.2, 0) is 10.0 Å². The van der Waals surface area contributed by atoms with Crippen molar-refractivity contribution in [1.82, 2.24) is 14.5 Å². The average molecular weight is 500 g/mol. The molecular formula is C27H37N3O4S. The number of methoxy groups -OCH3 is 1. The number of nitrogens with zero attached hydrogens (tertiary/aromatic N) is 2. The van der Waals surface area contributed by atoms with E-state index < -0.39 is 10.0 Å². The lowest BCUT2D eigenvalue weighted by Crippen LogP contribution is -2.36. The fraction of sp³-hybridized carbons (Fsp3) is 0.519. The third-order valence-corrected chi connectivity index (χ3v) is 8.96. The maximum absolute atomic E-state index is 13.2. The molecule has 0 bridgehead atoms. The molecular weight excluding hydrogens is 462 g/mol. The molecule has 0 saturated carbocycles. The van der Waals surface area contributed by atoms with Crippen LogP contribution in [0.15, 0.2) is 53.4 Å². The Morgan fingerprint density at radius 1 is 0.943 bits per heavy atom. The van der Waals surface area contributed by atoms with Gasteiger partial charge in [-0.05, 0) is 68.6 Å². The molecule has 2 heterocycles. The van der Waals surface area contributed by atoms with Crippen molar-refractivity contribution in [2.75, 3.05) is 46.4 Å². The summed E-state index contributed by atoms with van der Waals surface area (Å²) in [6, 6.07) is 14.8. The molecule has 190 valence electrons. The minimum absolute atomic E-state index is 0.104. The van der Waals surface area contributed by atoms with Crippen molar-refractivity contribution in [2.24, 2.45) is 0 Å². The van der Waals surface area contributed by atoms with Crippen molar-refractivity contribution in [1.29, 1.82) is 0 Å². The summed E-state index contributed by atoms with van der Waals surface area (Å²) in [6.45, 7) is 3.99. The Labute approximate surface area is 209 Å². The summed E-state index contributed by atoms with van der Waals surface area (Å²) in [7, 11) is -1.92. The lowest BCUT2D eigenvalue weighted by molar-refractivity contribution is 0.0987. The van der Waals surface area contributed by atoms with Crippen molar-refractivity contribution < 1.29 is 17.9 Å². The molecule has 8 heteroatoms. The molecule has 2 saturated heterocycles. The predicted molar refractivity (Wildman–Crippen MR) is 137 cm³/mol. The zero-order chi connectivity index (χ0) is 24.7. The van der Waals surface area contributed by atoms with Crippen LogP contribution >= 0.6 is 0 Å². The van der Waals surface area contributed by atoms with E-state index in [9.17, 15) is 13.2 Å². The summed E-state index contributed by atoms with van der Waals surface area (Å²) in [5.41, 5.74) is 1.62. The molecule has 1 N–H and O–H groups in total. The Hall–Kier alpha value is -2.26. The van der Waals surface area contributed by atoms with Gasteiger partial charge in [-0.25, -0.2) is 8.42 Å². The number of hydrogen-bond acceptors (Lipinski definition) is 6. The number of rotatable bonds is 10. The first-order chi connectivity index (χ1) is 17.0. The second-order valence-corrected chi connectivity index (χ2v) is 11.4. The smallest absolute Gasteiger partial charge is 0.243 e. The molecule has 0 aliphatic carbocycles. The molecule has 4 rings (SSSR count). The van der Waals surface area contributed by atoms with Crippen LogP contribution in [-0.4, -0.2) is 69.8 Å². The molecule has 1 unspecified atom stereocenters. The van der Waals surface area contributed by atoms with Crippen LogP contribution < -0.4 is 10.1 Å². The summed E-state index contributed by atoms with van der Waals surface area (Å²) in [5.74, 6) is 0.722. The van der Waals surface area contributed by atoms with E-state index in [-0.39, 0.29) is 23.3 Å². The third kappa shape index (κ3) is 6.50. The number of carbonyl (C=O) groups is 1. The van der Waals surface area contributed by atoms with Gasteiger partial charge in [0.2, 0.25) is 10.0 Å². The van der Waals surface area contributed by atoms with E-state index in [0.29, 0.717) is 25.2 Å². The highest BCUT2D eigenvalue weighted by Crippen LogP contribution is 2.26. The van der Waals surface area contributed by atoms with Gasteiger partial charge in [-0.3, -0.25) is 9.69 Å². The minimum Gasteiger partial charge on any atom is -0.497 e. The molecule has 0 spiro atoms. The Kier molecular flexibility index (Phi) is 8.94. The van der Waals surface area contributed by atoms with Crippen LogP contribution in [0.4, 0.5) is 0 Å². The Bertz CT molecular complexity index is 1070. The number of Topliss-reactive ketones (excluding diaryl/α,β-unsaturated/α-hetero) is 1. The van der Waals surface area contributed by atoms with E-state index >= 15 is 0 Å². The van der Waals surface area contributed by atoms with Crippen molar-refractivity contribution in [3.05, 3.63) is 59.7 Å². The van der Waals surface area contributed by atoms with E-state index in [4.69, 9.17) is 4.74 Å². The van der Waals surface area contributed by atoms with Crippen molar-refractivity contribution >= 4 is 15.8 Å². The average Bonchev–Trinajstić information content (AvgIpc) is 3.27. The first kappa shape index (κ1) is 25.8. The maximum atomic E-state index is 13.2. The molecule has 0 aromatic heterocycles. The van der Waals surface area contributed by atoms with Gasteiger partial charge in [-0.15, -0.1) is 0 Å². The lowest BCUT2D eigenvalue weighted by Gasteiger charge is -2.28. The predicted octanol–water partition coefficient (Wildman–Crippen LogP) is 3.87. The van der Waals surface area contributed by atoms with Gasteiger partial charge < -0.3 is 10.1 Å². The van der Waals surface area contributed by atoms with E-state index in [2.05, 4.69) is 22.3 Å². The Balaban J connectivity index is 1.40. The number of sulfonamides is 1. The number of carbonyl (C=O) groups excluding carboxylic acids is 1. The number of nitrogens with one attached hydrogen (secondary N) is 1. The normalized spacial score (nSPS) is 18.8. The van der Waals surface area contributed by atoms with Gasteiger partial charge in [0.05, 0.1) is 18.6 Å². The first-order valence-electron chi connectivity index (χ1n) is 12.7. The highest BCUT2D eigenvalue weighted by atomic mass is 32.2. The van der Waals surface area contributed by atoms with Crippen LogP contribution in [0, 0.1) is 0 Å². The van der Waals surface area contributed by atoms with E-state index in [0.717, 1.165) is 44.5 Å². The first-order valence-corrected chi connectivity index (χ1v) is 14.2. The molecule has 2 aliphatic rings. The highest BCUT2D eigenvalue weighted by molar-refractivity contribution is 7.89. The van der Waals surface area contributed by atoms with E-state index in [1.807, 2.05) is 12.1 Å². The maximum Gasteiger partial charge on any atom is 0.243 e. The van der Waals surface area contributed by atoms with Crippen LogP contribution in [0.2, 0.25) is 0 Å². The largest absolute Gasteiger partial charge is 0.497 e. The standard InChI is InChI=1S/C27H37N3O4S/c1-34-24-13-11-22(12-14-24)26(29-15-6-7-16-29)20-28-21-27(31)23-9-8-10-25(19-23)35(32,33)30-17-4-2-3-5-18-30/h8-14,19,26,28H,2-7,15-18,20-21H2,1H3. The minimum atomic E-state index is -3.58. The molecule has 2 aromatic carbocycles. The van der Waals surface area contributed by atoms with Gasteiger partial charge in [0, 0.05) is 31.2 Å². The molecule has 2 aliphatic heterocycles. The molecule has 1 atom stereocenters. The lowest BCUT2D eigenvalue weighted by atomic mass is 10.0. The van der Waals surface area contributed by atoms with Gasteiger partial charge in [0.1, 0.15) is 5.75 Å². The van der Waals surface area contributed by atoms with Crippen LogP contribution in [0.3, 0.4) is 0 Å². The number of hydrogen-bond donors (Lipinski definition) is 1. The zero-order valence-corrected chi connectivity index (χ0v) is 21.4. The van der Waals surface area contributed by atoms with Gasteiger partial charge >= 0.3 is 0 Å². The number of likely N-dealkylation sites (tertiary alicyclic amines) is 1. The second-order valence-electron chi connectivity index (χ2n) is 9.43. The van der Waals surface area contributed by atoms with Crippen molar-refractivity contribution in [3.8, 4) is 5.75 Å². The van der Waals surface area contributed by atoms with E-state index in [1.54, 1.807) is 29.6 Å². The number of ether oxygens (including phenoxy) is 1. The monoisotopic (exact) mass is 499 g/mol. The molecule has 0 radical (unpaired) electrons. The van der Waals surface area contributed by atoms with Crippen molar-refractivity contribution in [3.63, 3.8) is 0 Å². The third-order valence-electron chi connectivity index (χ3n) is 7.06. The summed E-state index contributed by atoms with van der Waals surface area (Å²) >= 11 is 0. The van der Waals surface area contributed by atoms with Gasteiger partial charge in [-0.1, -0.05) is 37.1 Å². The van der Waals surface area contributed by atoms with Crippen LogP contribution in [0.1, 0.15) is 60.5 Å². The summed E-state index contributed by atoms with van der Waals surface area (Å²) in [5, 5.41) is 3.34. The number of ketones is 1. The molecule has 2 fully saturated rings. The van der Waals surface area contributed by atoms with Gasteiger partial charge in [0.15, 0.2) is 5.78 Å². The molecule has 2 aromatic rings. The quantitative estimate of drug-likeness (QED) is 0.500. The fourth-order valence-electron chi connectivity index (χ4n) is 5.02. The SMILES string of the molecule is COc1ccc(C(CNCC(=O)c2cccc(S(=O)(=O)N3CCCCCC3)c2)N2CCCC2)cc1. The molecule has 35 heavy (non-hydrogen) atoms. The second kappa shape index (κ2) is 12.1. The Morgan fingerprint density at radius 3 is 2.26 bits per heavy atom. The van der Waals surface area contributed by atoms with Gasteiger partial charge in [-0.2, -0.15) is 4.31 Å². The zero-order valence-electron chi connectivity index (χ0n) is 20.6.